The molecule has 45 heavy (non-hydrogen) atoms. The Kier molecular flexibility index (Phi) is 9.36. The van der Waals surface area contributed by atoms with Gasteiger partial charge in [0.1, 0.15) is 24.6 Å². The van der Waals surface area contributed by atoms with Gasteiger partial charge in [-0.05, 0) is 65.8 Å². The summed E-state index contributed by atoms with van der Waals surface area (Å²) in [6.45, 7) is 4.78. The number of anilines is 3. The summed E-state index contributed by atoms with van der Waals surface area (Å²) >= 11 is 0. The fourth-order valence-corrected chi connectivity index (χ4v) is 5.54. The fourth-order valence-electron chi connectivity index (χ4n) is 5.54. The molecule has 4 N–H and O–H groups in total. The lowest BCUT2D eigenvalue weighted by atomic mass is 9.93. The number of likely N-dealkylation sites (N-methyl/N-ethyl adjacent to an activating group) is 1. The molecule has 0 radical (unpaired) electrons. The van der Waals surface area contributed by atoms with Crippen LogP contribution >= 0.6 is 0 Å². The molecule has 3 atom stereocenters. The molecule has 236 valence electrons. The molecule has 2 aliphatic rings. The van der Waals surface area contributed by atoms with Crippen LogP contribution in [0.1, 0.15) is 54.5 Å². The van der Waals surface area contributed by atoms with Gasteiger partial charge in [-0.25, -0.2) is 18.6 Å². The van der Waals surface area contributed by atoms with Crippen LogP contribution in [0, 0.1) is 12.7 Å². The lowest BCUT2D eigenvalue weighted by molar-refractivity contribution is -0.131. The quantitative estimate of drug-likeness (QED) is 0.216. The molecule has 0 aliphatic carbocycles. The molecule has 0 spiro atoms. The third-order valence-corrected chi connectivity index (χ3v) is 8.04. The number of hydrogen-bond acceptors (Lipinski definition) is 7. The maximum absolute atomic E-state index is 15.5. The zero-order valence-electron chi connectivity index (χ0n) is 25.7. The number of nitrogens with two attached hydrogens (primary N) is 1. The SMILES string of the molecule is CCC(CF)Oc1c(F)cc2cc1CN(C)C(=O)[C@H](Nc1ccc3c(N)nccc3c1)c1ccc(c(C)c1)[C@@H](C)COC(=O)N2. The number of ether oxygens (including phenoxy) is 2. The first kappa shape index (κ1) is 31.5. The second-order valence-electron chi connectivity index (χ2n) is 11.4. The Morgan fingerprint density at radius 3 is 2.71 bits per heavy atom. The number of nitrogen functional groups attached to an aromatic ring is 1. The van der Waals surface area contributed by atoms with E-state index in [1.165, 1.54) is 11.0 Å². The summed E-state index contributed by atoms with van der Waals surface area (Å²) in [5.74, 6) is -1.03. The zero-order chi connectivity index (χ0) is 32.2. The summed E-state index contributed by atoms with van der Waals surface area (Å²) in [6.07, 6.45) is 0.305. The van der Waals surface area contributed by atoms with Crippen molar-refractivity contribution in [2.24, 2.45) is 0 Å². The number of aromatic nitrogens is 1. The van der Waals surface area contributed by atoms with Gasteiger partial charge in [-0.3, -0.25) is 10.1 Å². The third kappa shape index (κ3) is 6.92. The second-order valence-corrected chi connectivity index (χ2v) is 11.4. The maximum Gasteiger partial charge on any atom is 0.411 e. The smallest absolute Gasteiger partial charge is 0.411 e. The fraction of sp³-hybridized carbons (Fsp3) is 0.324. The van der Waals surface area contributed by atoms with Crippen molar-refractivity contribution in [3.05, 3.63) is 88.9 Å². The summed E-state index contributed by atoms with van der Waals surface area (Å²) < 4.78 is 40.3. The van der Waals surface area contributed by atoms with E-state index >= 15 is 4.39 Å². The van der Waals surface area contributed by atoms with E-state index in [1.54, 1.807) is 20.2 Å². The molecule has 3 aromatic carbocycles. The number of carbonyl (C=O) groups is 2. The minimum Gasteiger partial charge on any atom is -0.484 e. The van der Waals surface area contributed by atoms with Gasteiger partial charge in [-0.1, -0.05) is 32.0 Å². The molecule has 2 amide bonds. The Hall–Kier alpha value is -4.93. The normalized spacial score (nSPS) is 18.0. The predicted octanol–water partition coefficient (Wildman–Crippen LogP) is 6.87. The number of hydrogen-bond donors (Lipinski definition) is 3. The van der Waals surface area contributed by atoms with Crippen molar-refractivity contribution in [1.29, 1.82) is 0 Å². The van der Waals surface area contributed by atoms with Gasteiger partial charge >= 0.3 is 6.09 Å². The summed E-state index contributed by atoms with van der Waals surface area (Å²) in [7, 11) is 1.60. The van der Waals surface area contributed by atoms with Crippen molar-refractivity contribution in [2.75, 3.05) is 36.7 Å². The Morgan fingerprint density at radius 1 is 1.18 bits per heavy atom. The van der Waals surface area contributed by atoms with Gasteiger partial charge in [-0.15, -0.1) is 0 Å². The minimum absolute atomic E-state index is 0.0790. The van der Waals surface area contributed by atoms with Crippen LogP contribution in [0.2, 0.25) is 0 Å². The molecule has 0 fully saturated rings. The summed E-state index contributed by atoms with van der Waals surface area (Å²) in [5, 5.41) is 7.61. The first-order valence-corrected chi connectivity index (χ1v) is 14.8. The first-order valence-electron chi connectivity index (χ1n) is 14.8. The number of halogens is 2. The molecule has 3 heterocycles. The minimum atomic E-state index is -0.879. The standard InChI is InChI=1S/C34H37F2N5O4/c1-5-26(16-35)45-31-23-14-25(15-29(31)36)40-34(43)44-18-20(3)27-8-6-22(12-19(27)2)30(33(42)41(4)17-23)39-24-7-9-28-21(13-24)10-11-38-32(28)37/h6-15,20,26,30,39H,5,16-18H2,1-4H3,(H2,37,38)(H,40,43)/t20-,26?,30+/m0/s1. The molecule has 1 unspecified atom stereocenters. The van der Waals surface area contributed by atoms with E-state index in [4.69, 9.17) is 15.2 Å². The Morgan fingerprint density at radius 2 is 1.98 bits per heavy atom. The number of alkyl halides is 1. The molecule has 0 saturated carbocycles. The van der Waals surface area contributed by atoms with E-state index in [1.807, 2.05) is 56.3 Å². The molecule has 9 nitrogen and oxygen atoms in total. The summed E-state index contributed by atoms with van der Waals surface area (Å²) in [4.78, 5) is 32.5. The van der Waals surface area contributed by atoms with Crippen molar-refractivity contribution in [2.45, 2.75) is 51.8 Å². The van der Waals surface area contributed by atoms with Gasteiger partial charge in [0.15, 0.2) is 11.6 Å². The number of carbonyl (C=O) groups excluding carboxylic acids is 2. The second kappa shape index (κ2) is 13.4. The summed E-state index contributed by atoms with van der Waals surface area (Å²) in [6, 6.07) is 14.9. The van der Waals surface area contributed by atoms with E-state index in [0.717, 1.165) is 28.0 Å². The molecule has 4 bridgehead atoms. The number of rotatable bonds is 6. The molecule has 6 rings (SSSR count). The molecular weight excluding hydrogens is 580 g/mol. The van der Waals surface area contributed by atoms with Crippen molar-refractivity contribution < 1.29 is 27.8 Å². The largest absolute Gasteiger partial charge is 0.484 e. The van der Waals surface area contributed by atoms with Crippen LogP contribution in [0.3, 0.4) is 0 Å². The highest BCUT2D eigenvalue weighted by Crippen LogP contribution is 2.33. The molecule has 2 aliphatic heterocycles. The average molecular weight is 618 g/mol. The van der Waals surface area contributed by atoms with Crippen LogP contribution < -0.4 is 21.1 Å². The Bertz CT molecular complexity index is 1730. The highest BCUT2D eigenvalue weighted by molar-refractivity contribution is 5.94. The van der Waals surface area contributed by atoms with Crippen LogP contribution in [0.15, 0.2) is 60.8 Å². The monoisotopic (exact) mass is 617 g/mol. The Labute approximate surface area is 260 Å². The number of pyridine rings is 1. The van der Waals surface area contributed by atoms with Crippen molar-refractivity contribution >= 4 is 40.0 Å². The van der Waals surface area contributed by atoms with E-state index in [2.05, 4.69) is 15.6 Å². The molecule has 4 aromatic rings. The van der Waals surface area contributed by atoms with Crippen molar-refractivity contribution in [1.82, 2.24) is 9.88 Å². The van der Waals surface area contributed by atoms with Gasteiger partial charge in [0.05, 0.1) is 6.61 Å². The number of nitrogens with zero attached hydrogens (tertiary/aromatic N) is 2. The van der Waals surface area contributed by atoms with Crippen molar-refractivity contribution in [3.8, 4) is 5.75 Å². The number of aryl methyl sites for hydroxylation is 1. The number of amides is 2. The maximum atomic E-state index is 15.5. The van der Waals surface area contributed by atoms with Gasteiger partial charge in [0.25, 0.3) is 0 Å². The van der Waals surface area contributed by atoms with E-state index in [0.29, 0.717) is 23.5 Å². The number of fused-ring (bicyclic) bond motifs is 10. The summed E-state index contributed by atoms with van der Waals surface area (Å²) in [5.41, 5.74) is 9.70. The highest BCUT2D eigenvalue weighted by atomic mass is 19.1. The van der Waals surface area contributed by atoms with E-state index in [9.17, 15) is 14.0 Å². The van der Waals surface area contributed by atoms with E-state index in [-0.39, 0.29) is 42.0 Å². The van der Waals surface area contributed by atoms with Crippen LogP contribution in [-0.4, -0.2) is 48.3 Å². The van der Waals surface area contributed by atoms with Gasteiger partial charge in [0.2, 0.25) is 5.91 Å². The van der Waals surface area contributed by atoms with Gasteiger partial charge in [-0.2, -0.15) is 0 Å². The van der Waals surface area contributed by atoms with Crippen LogP contribution in [0.25, 0.3) is 10.8 Å². The van der Waals surface area contributed by atoms with E-state index < -0.39 is 30.7 Å². The molecule has 11 heteroatoms. The average Bonchev–Trinajstić information content (AvgIpc) is 3.01. The lowest BCUT2D eigenvalue weighted by Crippen LogP contribution is -2.35. The topological polar surface area (TPSA) is 119 Å². The molecule has 0 saturated heterocycles. The Balaban J connectivity index is 1.58. The third-order valence-electron chi connectivity index (χ3n) is 8.04. The van der Waals surface area contributed by atoms with Crippen LogP contribution in [0.4, 0.5) is 30.8 Å². The number of benzene rings is 3. The van der Waals surface area contributed by atoms with Crippen molar-refractivity contribution in [3.63, 3.8) is 0 Å². The zero-order valence-corrected chi connectivity index (χ0v) is 25.7. The number of nitrogens with one attached hydrogen (secondary N) is 2. The molecule has 1 aromatic heterocycles. The lowest BCUT2D eigenvalue weighted by Gasteiger charge is -2.28. The first-order chi connectivity index (χ1) is 21.6. The van der Waals surface area contributed by atoms with Crippen LogP contribution in [0.5, 0.6) is 5.75 Å². The van der Waals surface area contributed by atoms with Crippen LogP contribution in [-0.2, 0) is 16.1 Å². The molecular formula is C34H37F2N5O4. The highest BCUT2D eigenvalue weighted by Gasteiger charge is 2.28. The van der Waals surface area contributed by atoms with Gasteiger partial charge in [0, 0.05) is 54.1 Å². The predicted molar refractivity (Wildman–Crippen MR) is 171 cm³/mol. The van der Waals surface area contributed by atoms with Gasteiger partial charge < -0.3 is 25.4 Å².